The molecule has 14 heteroatoms. The van der Waals surface area contributed by atoms with Gasteiger partial charge in [0.1, 0.15) is 9.77 Å². The lowest BCUT2D eigenvalue weighted by atomic mass is 10.0. The van der Waals surface area contributed by atoms with E-state index in [9.17, 15) is 38.0 Å². The fourth-order valence-corrected chi connectivity index (χ4v) is 4.08. The number of rotatable bonds is 7. The summed E-state index contributed by atoms with van der Waals surface area (Å²) in [4.78, 5) is 34.2. The summed E-state index contributed by atoms with van der Waals surface area (Å²) < 4.78 is 37.9. The number of nitro benzene ring substituents is 1. The minimum atomic E-state index is -4.68. The van der Waals surface area contributed by atoms with Crippen LogP contribution in [0.4, 0.5) is 18.9 Å². The Balaban J connectivity index is 1.73. The molecule has 1 atom stereocenters. The Labute approximate surface area is 187 Å². The van der Waals surface area contributed by atoms with Gasteiger partial charge in [0, 0.05) is 22.1 Å². The molecule has 0 bridgehead atoms. The van der Waals surface area contributed by atoms with Gasteiger partial charge in [0.2, 0.25) is 0 Å². The third-order valence-corrected chi connectivity index (χ3v) is 5.68. The van der Waals surface area contributed by atoms with Crippen LogP contribution in [-0.2, 0) is 5.66 Å². The first-order chi connectivity index (χ1) is 14.8. The Morgan fingerprint density at radius 3 is 2.25 bits per heavy atom. The molecule has 2 N–H and O–H groups in total. The third-order valence-electron chi connectivity index (χ3n) is 4.30. The maximum absolute atomic E-state index is 13.1. The van der Waals surface area contributed by atoms with E-state index in [2.05, 4.69) is 28.2 Å². The number of carboxylic acid groups (broad SMARTS) is 1. The fourth-order valence-electron chi connectivity index (χ4n) is 2.74. The van der Waals surface area contributed by atoms with E-state index in [1.54, 1.807) is 0 Å². The lowest BCUT2D eigenvalue weighted by Crippen LogP contribution is -2.38. The van der Waals surface area contributed by atoms with Crippen molar-refractivity contribution in [3.63, 3.8) is 0 Å². The van der Waals surface area contributed by atoms with E-state index in [4.69, 9.17) is 0 Å². The molecule has 0 radical (unpaired) electrons. The average molecular weight is 486 g/mol. The van der Waals surface area contributed by atoms with Crippen molar-refractivity contribution < 1.29 is 32.8 Å². The highest BCUT2D eigenvalue weighted by Gasteiger charge is 2.65. The predicted octanol–water partition coefficient (Wildman–Crippen LogP) is 4.60. The predicted molar refractivity (Wildman–Crippen MR) is 110 cm³/mol. The molecule has 0 aromatic heterocycles. The van der Waals surface area contributed by atoms with Crippen LogP contribution in [-0.4, -0.2) is 32.3 Å². The minimum Gasteiger partial charge on any atom is -0.477 e. The zero-order valence-corrected chi connectivity index (χ0v) is 17.7. The quantitative estimate of drug-likeness (QED) is 0.172. The van der Waals surface area contributed by atoms with E-state index in [0.717, 1.165) is 36.0 Å². The van der Waals surface area contributed by atoms with Crippen molar-refractivity contribution in [3.05, 3.63) is 69.3 Å². The molecular formula is C18H13F3N4O5S2. The number of hydrogen-bond acceptors (Lipinski definition) is 8. The van der Waals surface area contributed by atoms with Gasteiger partial charge in [0.25, 0.3) is 11.6 Å². The first kappa shape index (κ1) is 23.5. The van der Waals surface area contributed by atoms with Gasteiger partial charge in [-0.3, -0.25) is 14.9 Å². The van der Waals surface area contributed by atoms with Crippen molar-refractivity contribution in [3.8, 4) is 0 Å². The number of nitrogens with one attached hydrogen (secondary N) is 1. The second-order valence-electron chi connectivity index (χ2n) is 6.73. The number of carbonyl (C=O) groups is 2. The molecule has 0 fully saturated rings. The lowest BCUT2D eigenvalue weighted by Gasteiger charge is -2.25. The van der Waals surface area contributed by atoms with Crippen LogP contribution in [0.5, 0.6) is 0 Å². The van der Waals surface area contributed by atoms with E-state index >= 15 is 0 Å². The number of hydrogen-bond donors (Lipinski definition) is 3. The molecular weight excluding hydrogens is 473 g/mol. The van der Waals surface area contributed by atoms with Crippen LogP contribution in [0.25, 0.3) is 0 Å². The number of halogens is 3. The molecule has 1 aliphatic rings. The van der Waals surface area contributed by atoms with Crippen LogP contribution >= 0.6 is 24.4 Å². The third kappa shape index (κ3) is 4.70. The van der Waals surface area contributed by atoms with Gasteiger partial charge in [0.05, 0.1) is 4.92 Å². The molecule has 1 unspecified atom stereocenters. The number of nitrogens with zero attached hydrogens (tertiary/aromatic N) is 3. The standard InChI is InChI=1S/C18H13F3N4O5S2/c1-16(31,32-11-6-7-13(25(29)30)12(8-11)15(27)28)22-14(26)9-2-4-10(5-3-9)17(23-24-17)18(19,20)21/h2-8,31H,1H3,(H,22,26)(H,27,28). The summed E-state index contributed by atoms with van der Waals surface area (Å²) in [5.41, 5.74) is -3.88. The molecule has 0 spiro atoms. The molecule has 9 nitrogen and oxygen atoms in total. The molecule has 1 amide bonds. The van der Waals surface area contributed by atoms with Crippen LogP contribution in [0, 0.1) is 10.1 Å². The second kappa shape index (κ2) is 8.09. The molecule has 32 heavy (non-hydrogen) atoms. The Morgan fingerprint density at radius 2 is 1.78 bits per heavy atom. The molecule has 2 aromatic carbocycles. The smallest absolute Gasteiger partial charge is 0.442 e. The van der Waals surface area contributed by atoms with Crippen molar-refractivity contribution >= 4 is 42.0 Å². The largest absolute Gasteiger partial charge is 0.477 e. The first-order valence-corrected chi connectivity index (χ1v) is 9.89. The summed E-state index contributed by atoms with van der Waals surface area (Å²) in [6, 6.07) is 7.99. The molecule has 2 aromatic rings. The average Bonchev–Trinajstić information content (AvgIpc) is 3.49. The van der Waals surface area contributed by atoms with Gasteiger partial charge < -0.3 is 10.4 Å². The van der Waals surface area contributed by atoms with Gasteiger partial charge in [-0.2, -0.15) is 13.2 Å². The van der Waals surface area contributed by atoms with Crippen LogP contribution in [0.3, 0.4) is 0 Å². The number of carboxylic acids is 1. The molecule has 3 rings (SSSR count). The van der Waals surface area contributed by atoms with Gasteiger partial charge in [-0.25, -0.2) is 4.79 Å². The van der Waals surface area contributed by atoms with E-state index in [-0.39, 0.29) is 16.0 Å². The van der Waals surface area contributed by atoms with Crippen molar-refractivity contribution in [2.75, 3.05) is 0 Å². The highest BCUT2D eigenvalue weighted by Crippen LogP contribution is 2.52. The van der Waals surface area contributed by atoms with Crippen LogP contribution in [0.1, 0.15) is 33.2 Å². The summed E-state index contributed by atoms with van der Waals surface area (Å²) in [5.74, 6) is -2.15. The summed E-state index contributed by atoms with van der Waals surface area (Å²) >= 11 is 5.23. The van der Waals surface area contributed by atoms with Crippen molar-refractivity contribution in [1.29, 1.82) is 0 Å². The molecule has 0 aliphatic carbocycles. The van der Waals surface area contributed by atoms with Crippen molar-refractivity contribution in [2.24, 2.45) is 10.2 Å². The van der Waals surface area contributed by atoms with E-state index in [0.29, 0.717) is 0 Å². The van der Waals surface area contributed by atoms with Crippen LogP contribution < -0.4 is 5.32 Å². The number of thioether (sulfide) groups is 1. The highest BCUT2D eigenvalue weighted by atomic mass is 32.2. The van der Waals surface area contributed by atoms with E-state index < -0.39 is 44.1 Å². The molecule has 0 saturated heterocycles. The topological polar surface area (TPSA) is 134 Å². The molecule has 1 heterocycles. The summed E-state index contributed by atoms with van der Waals surface area (Å²) in [6.45, 7) is 1.48. The fraction of sp³-hybridized carbons (Fsp3) is 0.222. The number of benzene rings is 2. The summed E-state index contributed by atoms with van der Waals surface area (Å²) in [5, 5.41) is 28.9. The monoisotopic (exact) mass is 486 g/mol. The van der Waals surface area contributed by atoms with Crippen LogP contribution in [0.15, 0.2) is 57.6 Å². The number of nitro groups is 1. The van der Waals surface area contributed by atoms with Crippen molar-refractivity contribution in [1.82, 2.24) is 5.32 Å². The SMILES string of the molecule is CC(S)(NC(=O)c1ccc(C2(C(F)(F)F)N=N2)cc1)Sc1ccc([N+](=O)[O-])c(C(=O)O)c1. The van der Waals surface area contributed by atoms with Gasteiger partial charge in [-0.05, 0) is 31.2 Å². The summed E-state index contributed by atoms with van der Waals surface area (Å²) in [6.07, 6.45) is -4.68. The maximum atomic E-state index is 13.1. The lowest BCUT2D eigenvalue weighted by molar-refractivity contribution is -0.385. The normalized spacial score (nSPS) is 16.2. The van der Waals surface area contributed by atoms with Gasteiger partial charge in [0.15, 0.2) is 0 Å². The van der Waals surface area contributed by atoms with E-state index in [1.165, 1.54) is 25.1 Å². The number of thiol groups is 1. The Bertz CT molecular complexity index is 1130. The van der Waals surface area contributed by atoms with Crippen LogP contribution in [0.2, 0.25) is 0 Å². The molecule has 1 aliphatic heterocycles. The minimum absolute atomic E-state index is 0.0440. The number of carbonyl (C=O) groups excluding carboxylic acids is 1. The zero-order chi connectivity index (χ0) is 23.9. The Morgan fingerprint density at radius 1 is 1.19 bits per heavy atom. The zero-order valence-electron chi connectivity index (χ0n) is 16.0. The first-order valence-electron chi connectivity index (χ1n) is 8.63. The number of alkyl halides is 3. The van der Waals surface area contributed by atoms with Gasteiger partial charge >= 0.3 is 17.8 Å². The number of aromatic carboxylic acids is 1. The Kier molecular flexibility index (Phi) is 5.95. The van der Waals surface area contributed by atoms with Gasteiger partial charge in [-0.15, -0.1) is 22.9 Å². The maximum Gasteiger partial charge on any atom is 0.442 e. The molecule has 0 saturated carbocycles. The van der Waals surface area contributed by atoms with Crippen molar-refractivity contribution in [2.45, 2.75) is 27.9 Å². The second-order valence-corrected chi connectivity index (χ2v) is 9.42. The van der Waals surface area contributed by atoms with E-state index in [1.807, 2.05) is 0 Å². The molecule has 168 valence electrons. The summed E-state index contributed by atoms with van der Waals surface area (Å²) in [7, 11) is 0. The van der Waals surface area contributed by atoms with Gasteiger partial charge in [-0.1, -0.05) is 23.9 Å². The highest BCUT2D eigenvalue weighted by molar-refractivity contribution is 8.11. The number of amides is 1. The Hall–Kier alpha value is -3.13.